The molecule has 1 aromatic heterocycles. The third-order valence-corrected chi connectivity index (χ3v) is 5.05. The van der Waals surface area contributed by atoms with E-state index >= 15 is 0 Å². The Bertz CT molecular complexity index is 927. The Morgan fingerprint density at radius 2 is 1.81 bits per heavy atom. The van der Waals surface area contributed by atoms with Crippen LogP contribution in [0.2, 0.25) is 5.02 Å². The summed E-state index contributed by atoms with van der Waals surface area (Å²) in [6.07, 6.45) is 2.17. The van der Waals surface area contributed by atoms with Crippen LogP contribution < -0.4 is 4.90 Å². The van der Waals surface area contributed by atoms with E-state index < -0.39 is 0 Å². The molecule has 0 saturated carbocycles. The minimum absolute atomic E-state index is 0.0176. The van der Waals surface area contributed by atoms with Gasteiger partial charge in [0.15, 0.2) is 0 Å². The fourth-order valence-electron chi connectivity index (χ4n) is 3.59. The van der Waals surface area contributed by atoms with E-state index in [0.717, 1.165) is 11.1 Å². The number of ether oxygens (including phenoxy) is 1. The van der Waals surface area contributed by atoms with E-state index in [-0.39, 0.29) is 24.6 Å². The molecule has 0 unspecified atom stereocenters. The molecule has 2 heterocycles. The van der Waals surface area contributed by atoms with Crippen molar-refractivity contribution in [2.75, 3.05) is 18.6 Å². The number of nitrogens with zero attached hydrogens (tertiary/aromatic N) is 4. The van der Waals surface area contributed by atoms with Crippen LogP contribution in [0.5, 0.6) is 0 Å². The van der Waals surface area contributed by atoms with E-state index in [1.165, 1.54) is 13.4 Å². The molecule has 2 atom stereocenters. The summed E-state index contributed by atoms with van der Waals surface area (Å²) < 4.78 is 6.91. The molecule has 0 N–H and O–H groups in total. The number of anilines is 1. The third-order valence-electron chi connectivity index (χ3n) is 4.80. The zero-order valence-corrected chi connectivity index (χ0v) is 15.6. The van der Waals surface area contributed by atoms with Crippen LogP contribution in [-0.4, -0.2) is 34.4 Å². The van der Waals surface area contributed by atoms with Crippen molar-refractivity contribution < 1.29 is 9.53 Å². The van der Waals surface area contributed by atoms with Crippen LogP contribution in [0.25, 0.3) is 0 Å². The second kappa shape index (κ2) is 7.50. The zero-order chi connectivity index (χ0) is 18.8. The average molecular weight is 383 g/mol. The quantitative estimate of drug-likeness (QED) is 0.691. The van der Waals surface area contributed by atoms with Crippen molar-refractivity contribution in [1.29, 1.82) is 0 Å². The molecule has 0 spiro atoms. The lowest BCUT2D eigenvalue weighted by atomic mass is 9.92. The SMILES string of the molecule is COCC(=O)N1c2ncnn2[C@@H](c2ccccc2)C[C@H]1c1ccc(Cl)cc1. The van der Waals surface area contributed by atoms with Crippen LogP contribution in [0.3, 0.4) is 0 Å². The molecule has 0 fully saturated rings. The molecule has 138 valence electrons. The maximum absolute atomic E-state index is 12.8. The van der Waals surface area contributed by atoms with Gasteiger partial charge in [-0.3, -0.25) is 9.69 Å². The molecule has 1 aliphatic rings. The zero-order valence-electron chi connectivity index (χ0n) is 14.8. The molecule has 1 amide bonds. The predicted molar refractivity (Wildman–Crippen MR) is 103 cm³/mol. The normalized spacial score (nSPS) is 19.0. The summed E-state index contributed by atoms with van der Waals surface area (Å²) >= 11 is 6.06. The van der Waals surface area contributed by atoms with Gasteiger partial charge in [-0.2, -0.15) is 10.1 Å². The van der Waals surface area contributed by atoms with Gasteiger partial charge in [-0.15, -0.1) is 0 Å². The minimum Gasteiger partial charge on any atom is -0.375 e. The highest BCUT2D eigenvalue weighted by Crippen LogP contribution is 2.41. The van der Waals surface area contributed by atoms with Gasteiger partial charge >= 0.3 is 0 Å². The molecular weight excluding hydrogens is 364 g/mol. The largest absolute Gasteiger partial charge is 0.375 e. The second-order valence-corrected chi connectivity index (χ2v) is 6.87. The lowest BCUT2D eigenvalue weighted by Crippen LogP contribution is -2.44. The van der Waals surface area contributed by atoms with Crippen molar-refractivity contribution in [1.82, 2.24) is 14.8 Å². The van der Waals surface area contributed by atoms with Crippen LogP contribution in [0.15, 0.2) is 60.9 Å². The second-order valence-electron chi connectivity index (χ2n) is 6.43. The van der Waals surface area contributed by atoms with Gasteiger partial charge < -0.3 is 4.74 Å². The van der Waals surface area contributed by atoms with Gasteiger partial charge in [0.05, 0.1) is 12.1 Å². The van der Waals surface area contributed by atoms with E-state index in [1.807, 2.05) is 47.1 Å². The van der Waals surface area contributed by atoms with Crippen molar-refractivity contribution in [2.24, 2.45) is 0 Å². The highest BCUT2D eigenvalue weighted by molar-refractivity contribution is 6.30. The predicted octanol–water partition coefficient (Wildman–Crippen LogP) is 3.65. The molecule has 0 aliphatic carbocycles. The Morgan fingerprint density at radius 1 is 1.11 bits per heavy atom. The molecule has 2 aromatic carbocycles. The van der Waals surface area contributed by atoms with Gasteiger partial charge in [0.1, 0.15) is 12.9 Å². The summed E-state index contributed by atoms with van der Waals surface area (Å²) in [5, 5.41) is 5.06. The van der Waals surface area contributed by atoms with Gasteiger partial charge in [-0.05, 0) is 29.7 Å². The molecule has 27 heavy (non-hydrogen) atoms. The first-order chi connectivity index (χ1) is 13.2. The van der Waals surface area contributed by atoms with Crippen LogP contribution in [0.1, 0.15) is 29.6 Å². The number of benzene rings is 2. The summed E-state index contributed by atoms with van der Waals surface area (Å²) in [4.78, 5) is 18.9. The minimum atomic E-state index is -0.188. The number of halogens is 1. The fourth-order valence-corrected chi connectivity index (χ4v) is 3.72. The smallest absolute Gasteiger partial charge is 0.255 e. The molecule has 7 heteroatoms. The van der Waals surface area contributed by atoms with E-state index in [9.17, 15) is 4.79 Å². The first-order valence-electron chi connectivity index (χ1n) is 8.70. The Labute approximate surface area is 162 Å². The van der Waals surface area contributed by atoms with Gasteiger partial charge in [0.2, 0.25) is 5.95 Å². The number of aromatic nitrogens is 3. The average Bonchev–Trinajstić information content (AvgIpc) is 3.18. The Kier molecular flexibility index (Phi) is 4.92. The summed E-state index contributed by atoms with van der Waals surface area (Å²) in [5.74, 6) is 0.371. The van der Waals surface area contributed by atoms with Crippen LogP contribution in [-0.2, 0) is 9.53 Å². The van der Waals surface area contributed by atoms with Crippen molar-refractivity contribution in [3.05, 3.63) is 77.1 Å². The highest BCUT2D eigenvalue weighted by atomic mass is 35.5. The first kappa shape index (κ1) is 17.7. The number of hydrogen-bond donors (Lipinski definition) is 0. The molecule has 0 saturated heterocycles. The maximum Gasteiger partial charge on any atom is 0.255 e. The van der Waals surface area contributed by atoms with Crippen LogP contribution >= 0.6 is 11.6 Å². The molecule has 3 aromatic rings. The number of fused-ring (bicyclic) bond motifs is 1. The molecule has 4 rings (SSSR count). The number of carbonyl (C=O) groups is 1. The summed E-state index contributed by atoms with van der Waals surface area (Å²) in [7, 11) is 1.51. The summed E-state index contributed by atoms with van der Waals surface area (Å²) in [5.41, 5.74) is 2.13. The molecule has 1 aliphatic heterocycles. The number of amides is 1. The first-order valence-corrected chi connectivity index (χ1v) is 9.07. The number of methoxy groups -OCH3 is 1. The lowest BCUT2D eigenvalue weighted by Gasteiger charge is -2.39. The standard InChI is InChI=1S/C20H19ClN4O2/c1-27-12-19(26)24-17(15-7-9-16(21)10-8-15)11-18(14-5-3-2-4-6-14)25-20(24)22-13-23-25/h2-10,13,17-18H,11-12H2,1H3/t17-,18+/m0/s1. The van der Waals surface area contributed by atoms with Crippen molar-refractivity contribution >= 4 is 23.5 Å². The van der Waals surface area contributed by atoms with E-state index in [0.29, 0.717) is 17.4 Å². The van der Waals surface area contributed by atoms with E-state index in [1.54, 1.807) is 4.90 Å². The number of carbonyl (C=O) groups excluding carboxylic acids is 1. The molecular formula is C20H19ClN4O2. The van der Waals surface area contributed by atoms with Crippen molar-refractivity contribution in [2.45, 2.75) is 18.5 Å². The van der Waals surface area contributed by atoms with Gasteiger partial charge in [0, 0.05) is 12.1 Å². The Morgan fingerprint density at radius 3 is 2.52 bits per heavy atom. The van der Waals surface area contributed by atoms with E-state index in [2.05, 4.69) is 22.2 Å². The Balaban J connectivity index is 1.82. The third kappa shape index (κ3) is 3.34. The highest BCUT2D eigenvalue weighted by Gasteiger charge is 2.39. The van der Waals surface area contributed by atoms with Gasteiger partial charge in [0.25, 0.3) is 5.91 Å². The number of rotatable bonds is 4. The van der Waals surface area contributed by atoms with Crippen LogP contribution in [0, 0.1) is 0 Å². The van der Waals surface area contributed by atoms with Gasteiger partial charge in [-0.25, -0.2) is 4.68 Å². The maximum atomic E-state index is 12.8. The summed E-state index contributed by atoms with van der Waals surface area (Å²) in [6.45, 7) is -0.0209. The van der Waals surface area contributed by atoms with E-state index in [4.69, 9.17) is 16.3 Å². The molecule has 0 bridgehead atoms. The molecule has 6 nitrogen and oxygen atoms in total. The van der Waals surface area contributed by atoms with Crippen molar-refractivity contribution in [3.8, 4) is 0 Å². The van der Waals surface area contributed by atoms with Gasteiger partial charge in [-0.1, -0.05) is 54.1 Å². The molecule has 0 radical (unpaired) electrons. The Hall–Kier alpha value is -2.70. The van der Waals surface area contributed by atoms with Crippen molar-refractivity contribution in [3.63, 3.8) is 0 Å². The lowest BCUT2D eigenvalue weighted by molar-refractivity contribution is -0.123. The monoisotopic (exact) mass is 382 g/mol. The fraction of sp³-hybridized carbons (Fsp3) is 0.250. The topological polar surface area (TPSA) is 60.2 Å². The number of hydrogen-bond acceptors (Lipinski definition) is 4. The van der Waals surface area contributed by atoms with Crippen LogP contribution in [0.4, 0.5) is 5.95 Å². The summed E-state index contributed by atoms with van der Waals surface area (Å²) in [6, 6.07) is 17.5.